The third-order valence-corrected chi connectivity index (χ3v) is 7.45. The molecule has 7 heteroatoms. The zero-order chi connectivity index (χ0) is 26.7. The number of aliphatic hydroxyl groups is 1. The standard InChI is InChI=1S/C30H31BrN2O4/c1-5-19-8-13-23(14-9-19)33-27(20-10-15-22(16-11-20)32(6-2)7-3)26(29(35)30(33)36)28(34)21-12-17-25(37-4)24(31)18-21/h8-18,27,34H,5-7H2,1-4H3/b28-26-. The Kier molecular flexibility index (Phi) is 8.03. The molecule has 3 aromatic carbocycles. The number of Topliss-reactive ketones (excluding diaryl/α,β-unsaturated/α-hetero) is 1. The highest BCUT2D eigenvalue weighted by molar-refractivity contribution is 9.10. The Morgan fingerprint density at radius 2 is 1.62 bits per heavy atom. The van der Waals surface area contributed by atoms with E-state index in [0.29, 0.717) is 21.5 Å². The Labute approximate surface area is 226 Å². The summed E-state index contributed by atoms with van der Waals surface area (Å²) in [4.78, 5) is 30.6. The second kappa shape index (κ2) is 11.2. The first-order valence-corrected chi connectivity index (χ1v) is 13.2. The maximum absolute atomic E-state index is 13.4. The smallest absolute Gasteiger partial charge is 0.300 e. The van der Waals surface area contributed by atoms with Gasteiger partial charge in [-0.25, -0.2) is 0 Å². The number of ketones is 1. The van der Waals surface area contributed by atoms with Gasteiger partial charge in [0, 0.05) is 30.0 Å². The fourth-order valence-corrected chi connectivity index (χ4v) is 5.27. The molecule has 1 amide bonds. The lowest BCUT2D eigenvalue weighted by Gasteiger charge is -2.27. The molecule has 4 rings (SSSR count). The van der Waals surface area contributed by atoms with Crippen LogP contribution in [-0.2, 0) is 16.0 Å². The Balaban J connectivity index is 1.89. The number of rotatable bonds is 8. The van der Waals surface area contributed by atoms with Crippen LogP contribution in [0.15, 0.2) is 76.8 Å². The Morgan fingerprint density at radius 3 is 2.16 bits per heavy atom. The molecule has 0 bridgehead atoms. The van der Waals surface area contributed by atoms with Crippen molar-refractivity contribution in [2.45, 2.75) is 33.2 Å². The summed E-state index contributed by atoms with van der Waals surface area (Å²) in [6, 6.07) is 19.7. The summed E-state index contributed by atoms with van der Waals surface area (Å²) in [5.74, 6) is -1.03. The summed E-state index contributed by atoms with van der Waals surface area (Å²) < 4.78 is 5.93. The van der Waals surface area contributed by atoms with Crippen LogP contribution < -0.4 is 14.5 Å². The van der Waals surface area contributed by atoms with Gasteiger partial charge in [-0.2, -0.15) is 0 Å². The van der Waals surface area contributed by atoms with E-state index >= 15 is 0 Å². The number of halogens is 1. The minimum atomic E-state index is -0.779. The van der Waals surface area contributed by atoms with Crippen molar-refractivity contribution in [2.75, 3.05) is 30.0 Å². The maximum Gasteiger partial charge on any atom is 0.300 e. The van der Waals surface area contributed by atoms with Crippen LogP contribution in [0.5, 0.6) is 5.75 Å². The van der Waals surface area contributed by atoms with E-state index in [1.54, 1.807) is 25.3 Å². The molecule has 1 heterocycles. The van der Waals surface area contributed by atoms with E-state index in [-0.39, 0.29) is 11.3 Å². The van der Waals surface area contributed by atoms with Crippen LogP contribution in [0.25, 0.3) is 5.76 Å². The number of carbonyl (C=O) groups is 2. The van der Waals surface area contributed by atoms with E-state index in [1.165, 1.54) is 4.90 Å². The molecule has 1 atom stereocenters. The Bertz CT molecular complexity index is 1330. The van der Waals surface area contributed by atoms with Gasteiger partial charge in [-0.1, -0.05) is 31.2 Å². The predicted octanol–water partition coefficient (Wildman–Crippen LogP) is 6.49. The third kappa shape index (κ3) is 5.01. The van der Waals surface area contributed by atoms with E-state index in [0.717, 1.165) is 36.3 Å². The van der Waals surface area contributed by atoms with Crippen LogP contribution in [0.1, 0.15) is 43.5 Å². The molecule has 1 aliphatic heterocycles. The van der Waals surface area contributed by atoms with Crippen molar-refractivity contribution in [3.63, 3.8) is 0 Å². The normalized spacial score (nSPS) is 16.8. The minimum Gasteiger partial charge on any atom is -0.507 e. The Morgan fingerprint density at radius 1 is 0.973 bits per heavy atom. The molecule has 6 nitrogen and oxygen atoms in total. The highest BCUT2D eigenvalue weighted by atomic mass is 79.9. The predicted molar refractivity (Wildman–Crippen MR) is 151 cm³/mol. The van der Waals surface area contributed by atoms with E-state index in [9.17, 15) is 14.7 Å². The number of hydrogen-bond donors (Lipinski definition) is 1. The first kappa shape index (κ1) is 26.5. The summed E-state index contributed by atoms with van der Waals surface area (Å²) in [5, 5.41) is 11.4. The molecule has 1 fully saturated rings. The lowest BCUT2D eigenvalue weighted by atomic mass is 9.94. The summed E-state index contributed by atoms with van der Waals surface area (Å²) >= 11 is 3.44. The van der Waals surface area contributed by atoms with Gasteiger partial charge in [0.1, 0.15) is 11.5 Å². The second-order valence-electron chi connectivity index (χ2n) is 8.80. The monoisotopic (exact) mass is 562 g/mol. The van der Waals surface area contributed by atoms with E-state index in [1.807, 2.05) is 48.5 Å². The van der Waals surface area contributed by atoms with Gasteiger partial charge in [0.05, 0.1) is 23.2 Å². The summed E-state index contributed by atoms with van der Waals surface area (Å²) in [6.07, 6.45) is 0.863. The van der Waals surface area contributed by atoms with Crippen molar-refractivity contribution in [3.8, 4) is 5.75 Å². The van der Waals surface area contributed by atoms with Crippen LogP contribution in [0, 0.1) is 0 Å². The average molecular weight is 563 g/mol. The molecule has 0 aromatic heterocycles. The van der Waals surface area contributed by atoms with Crippen LogP contribution in [0.3, 0.4) is 0 Å². The number of benzene rings is 3. The molecule has 1 aliphatic rings. The van der Waals surface area contributed by atoms with Gasteiger partial charge in [-0.15, -0.1) is 0 Å². The van der Waals surface area contributed by atoms with Crippen LogP contribution in [0.4, 0.5) is 11.4 Å². The molecule has 0 aliphatic carbocycles. The summed E-state index contributed by atoms with van der Waals surface area (Å²) in [7, 11) is 1.55. The number of hydrogen-bond acceptors (Lipinski definition) is 5. The number of nitrogens with zero attached hydrogens (tertiary/aromatic N) is 2. The first-order valence-electron chi connectivity index (χ1n) is 12.4. The van der Waals surface area contributed by atoms with Gasteiger partial charge < -0.3 is 14.7 Å². The second-order valence-corrected chi connectivity index (χ2v) is 9.66. The Hall–Kier alpha value is -3.58. The average Bonchev–Trinajstić information content (AvgIpc) is 3.19. The molecule has 3 aromatic rings. The van der Waals surface area contributed by atoms with E-state index in [2.05, 4.69) is 41.6 Å². The summed E-state index contributed by atoms with van der Waals surface area (Å²) in [5.41, 5.74) is 3.99. The van der Waals surface area contributed by atoms with Crippen molar-refractivity contribution >= 4 is 44.8 Å². The molecule has 1 unspecified atom stereocenters. The maximum atomic E-state index is 13.4. The van der Waals surface area contributed by atoms with Crippen molar-refractivity contribution in [1.82, 2.24) is 0 Å². The summed E-state index contributed by atoms with van der Waals surface area (Å²) in [6.45, 7) is 7.99. The lowest BCUT2D eigenvalue weighted by Crippen LogP contribution is -2.29. The third-order valence-electron chi connectivity index (χ3n) is 6.83. The first-order chi connectivity index (χ1) is 17.8. The number of carbonyl (C=O) groups excluding carboxylic acids is 2. The van der Waals surface area contributed by atoms with Crippen molar-refractivity contribution in [2.24, 2.45) is 0 Å². The zero-order valence-corrected chi connectivity index (χ0v) is 23.1. The zero-order valence-electron chi connectivity index (χ0n) is 21.5. The van der Waals surface area contributed by atoms with Gasteiger partial charge in [0.15, 0.2) is 0 Å². The van der Waals surface area contributed by atoms with Gasteiger partial charge in [-0.05, 0) is 89.8 Å². The SMILES string of the molecule is CCc1ccc(N2C(=O)C(=O)/C(=C(\O)c3ccc(OC)c(Br)c3)C2c2ccc(N(CC)CC)cc2)cc1. The molecule has 1 saturated heterocycles. The fourth-order valence-electron chi connectivity index (χ4n) is 4.73. The molecule has 0 radical (unpaired) electrons. The highest BCUT2D eigenvalue weighted by Gasteiger charge is 2.47. The molecule has 0 spiro atoms. The van der Waals surface area contributed by atoms with Gasteiger partial charge in [-0.3, -0.25) is 14.5 Å². The van der Waals surface area contributed by atoms with Crippen molar-refractivity contribution < 1.29 is 19.4 Å². The van der Waals surface area contributed by atoms with Crippen molar-refractivity contribution in [3.05, 3.63) is 93.5 Å². The number of anilines is 2. The van der Waals surface area contributed by atoms with E-state index < -0.39 is 17.7 Å². The lowest BCUT2D eigenvalue weighted by molar-refractivity contribution is -0.132. The van der Waals surface area contributed by atoms with Gasteiger partial charge in [0.25, 0.3) is 11.7 Å². The molecular formula is C30H31BrN2O4. The number of aryl methyl sites for hydroxylation is 1. The fraction of sp³-hybridized carbons (Fsp3) is 0.267. The van der Waals surface area contributed by atoms with Gasteiger partial charge in [0.2, 0.25) is 0 Å². The topological polar surface area (TPSA) is 70.1 Å². The van der Waals surface area contributed by atoms with Crippen molar-refractivity contribution in [1.29, 1.82) is 0 Å². The highest BCUT2D eigenvalue weighted by Crippen LogP contribution is 2.43. The minimum absolute atomic E-state index is 0.0530. The van der Waals surface area contributed by atoms with Crippen LogP contribution >= 0.6 is 15.9 Å². The molecule has 192 valence electrons. The molecule has 0 saturated carbocycles. The number of amides is 1. The van der Waals surface area contributed by atoms with Gasteiger partial charge >= 0.3 is 0 Å². The molecular weight excluding hydrogens is 532 g/mol. The van der Waals surface area contributed by atoms with E-state index in [4.69, 9.17) is 4.74 Å². The van der Waals surface area contributed by atoms with Crippen LogP contribution in [-0.4, -0.2) is 37.0 Å². The number of methoxy groups -OCH3 is 1. The quantitative estimate of drug-likeness (QED) is 0.193. The number of ether oxygens (including phenoxy) is 1. The van der Waals surface area contributed by atoms with Crippen LogP contribution in [0.2, 0.25) is 0 Å². The molecule has 1 N–H and O–H groups in total. The largest absolute Gasteiger partial charge is 0.507 e. The number of aliphatic hydroxyl groups excluding tert-OH is 1. The molecule has 37 heavy (non-hydrogen) atoms.